The molecule has 0 radical (unpaired) electrons. The molecular formula is C24H19F2N3O2. The monoisotopic (exact) mass is 419 g/mol. The van der Waals surface area contributed by atoms with E-state index in [0.717, 1.165) is 0 Å². The Morgan fingerprint density at radius 1 is 1.06 bits per heavy atom. The molecule has 0 aliphatic heterocycles. The molecule has 0 saturated carbocycles. The number of nitrogens with one attached hydrogen (secondary N) is 1. The van der Waals surface area contributed by atoms with Crippen molar-refractivity contribution in [2.24, 2.45) is 0 Å². The highest BCUT2D eigenvalue weighted by molar-refractivity contribution is 5.98. The molecule has 0 amide bonds. The summed E-state index contributed by atoms with van der Waals surface area (Å²) in [5.74, 6) is -1.34. The number of fused-ring (bicyclic) bond motifs is 1. The van der Waals surface area contributed by atoms with Crippen molar-refractivity contribution in [3.05, 3.63) is 71.6 Å². The number of hydrogen-bond donors (Lipinski definition) is 1. The summed E-state index contributed by atoms with van der Waals surface area (Å²) in [4.78, 5) is 7.32. The molecule has 0 aliphatic carbocycles. The van der Waals surface area contributed by atoms with Gasteiger partial charge in [-0.3, -0.25) is 0 Å². The lowest BCUT2D eigenvalue weighted by atomic mass is 10.0. The fourth-order valence-corrected chi connectivity index (χ4v) is 3.37. The zero-order valence-corrected chi connectivity index (χ0v) is 17.2. The molecule has 0 saturated heterocycles. The van der Waals surface area contributed by atoms with Gasteiger partial charge in [0, 0.05) is 18.0 Å². The lowest BCUT2D eigenvalue weighted by Crippen LogP contribution is -2.06. The molecule has 4 rings (SSSR count). The quantitative estimate of drug-likeness (QED) is 0.414. The van der Waals surface area contributed by atoms with Gasteiger partial charge in [-0.05, 0) is 62.2 Å². The van der Waals surface area contributed by atoms with Crippen LogP contribution in [-0.4, -0.2) is 16.1 Å². The Bertz CT molecular complexity index is 1300. The first-order chi connectivity index (χ1) is 14.9. The number of nitriles is 1. The van der Waals surface area contributed by atoms with Crippen molar-refractivity contribution in [3.63, 3.8) is 0 Å². The normalized spacial score (nSPS) is 11.0. The summed E-state index contributed by atoms with van der Waals surface area (Å²) in [6, 6.07) is 11.3. The third kappa shape index (κ3) is 3.92. The highest BCUT2D eigenvalue weighted by Crippen LogP contribution is 2.39. The molecule has 0 spiro atoms. The molecule has 0 bridgehead atoms. The summed E-state index contributed by atoms with van der Waals surface area (Å²) in [5, 5.41) is 10.1. The summed E-state index contributed by atoms with van der Waals surface area (Å²) >= 11 is 0. The highest BCUT2D eigenvalue weighted by atomic mass is 19.1. The summed E-state index contributed by atoms with van der Waals surface area (Å²) in [6.07, 6.45) is 3.13. The minimum atomic E-state index is -0.790. The van der Waals surface area contributed by atoms with Gasteiger partial charge in [0.05, 0.1) is 17.1 Å². The molecule has 4 aromatic rings. The molecule has 1 N–H and O–H groups in total. The van der Waals surface area contributed by atoms with Gasteiger partial charge in [-0.2, -0.15) is 5.26 Å². The standard InChI is InChI=1S/C24H19F2N3O2/c1-13(2)30-20-5-4-15(10-16(20)11-27)17-12-29-24-22(17)21(6-7-28-24)31-23-18(25)8-14(3)9-19(23)26/h4-10,12-13H,1-3H3,(H,28,29). The molecule has 0 fully saturated rings. The van der Waals surface area contributed by atoms with E-state index >= 15 is 0 Å². The average Bonchev–Trinajstić information content (AvgIpc) is 3.15. The van der Waals surface area contributed by atoms with Crippen molar-refractivity contribution in [2.75, 3.05) is 0 Å². The van der Waals surface area contributed by atoms with Crippen molar-refractivity contribution < 1.29 is 18.3 Å². The van der Waals surface area contributed by atoms with Crippen LogP contribution >= 0.6 is 0 Å². The maximum Gasteiger partial charge on any atom is 0.198 e. The van der Waals surface area contributed by atoms with Crippen LogP contribution in [0.25, 0.3) is 22.2 Å². The molecule has 2 heterocycles. The number of benzene rings is 2. The number of nitrogens with zero attached hydrogens (tertiary/aromatic N) is 2. The van der Waals surface area contributed by atoms with Crippen molar-refractivity contribution in [1.82, 2.24) is 9.97 Å². The second-order valence-electron chi connectivity index (χ2n) is 7.38. The lowest BCUT2D eigenvalue weighted by Gasteiger charge is -2.13. The first-order valence-electron chi connectivity index (χ1n) is 9.68. The minimum Gasteiger partial charge on any atom is -0.490 e. The minimum absolute atomic E-state index is 0.0745. The molecule has 0 unspecified atom stereocenters. The van der Waals surface area contributed by atoms with Crippen molar-refractivity contribution in [1.29, 1.82) is 5.26 Å². The van der Waals surface area contributed by atoms with Gasteiger partial charge in [0.1, 0.15) is 23.2 Å². The number of H-pyrrole nitrogens is 1. The number of rotatable bonds is 5. The zero-order valence-electron chi connectivity index (χ0n) is 17.2. The van der Waals surface area contributed by atoms with Crippen molar-refractivity contribution >= 4 is 11.0 Å². The van der Waals surface area contributed by atoms with Crippen molar-refractivity contribution in [2.45, 2.75) is 26.9 Å². The molecule has 2 aromatic heterocycles. The van der Waals surface area contributed by atoms with Crippen LogP contribution < -0.4 is 9.47 Å². The fraction of sp³-hybridized carbons (Fsp3) is 0.167. The van der Waals surface area contributed by atoms with E-state index in [4.69, 9.17) is 9.47 Å². The Balaban J connectivity index is 1.83. The number of pyridine rings is 1. The molecule has 31 heavy (non-hydrogen) atoms. The van der Waals surface area contributed by atoms with Gasteiger partial charge in [0.25, 0.3) is 0 Å². The number of hydrogen-bond acceptors (Lipinski definition) is 4. The van der Waals surface area contributed by atoms with E-state index in [0.29, 0.717) is 39.0 Å². The Kier molecular flexibility index (Phi) is 5.30. The average molecular weight is 419 g/mol. The van der Waals surface area contributed by atoms with E-state index in [1.54, 1.807) is 31.3 Å². The number of aromatic nitrogens is 2. The van der Waals surface area contributed by atoms with Crippen LogP contribution in [0.15, 0.2) is 48.8 Å². The van der Waals surface area contributed by atoms with Crippen LogP contribution in [0.3, 0.4) is 0 Å². The van der Waals surface area contributed by atoms with Crippen LogP contribution in [0.4, 0.5) is 8.78 Å². The number of aryl methyl sites for hydroxylation is 1. The smallest absolute Gasteiger partial charge is 0.198 e. The van der Waals surface area contributed by atoms with Gasteiger partial charge >= 0.3 is 0 Å². The molecule has 156 valence electrons. The molecule has 5 nitrogen and oxygen atoms in total. The largest absolute Gasteiger partial charge is 0.490 e. The number of ether oxygens (including phenoxy) is 2. The van der Waals surface area contributed by atoms with E-state index < -0.39 is 17.4 Å². The Hall–Kier alpha value is -3.92. The van der Waals surface area contributed by atoms with Gasteiger partial charge < -0.3 is 14.5 Å². The number of aromatic amines is 1. The first-order valence-corrected chi connectivity index (χ1v) is 9.68. The summed E-state index contributed by atoms with van der Waals surface area (Å²) in [5.41, 5.74) is 2.71. The van der Waals surface area contributed by atoms with E-state index in [-0.39, 0.29) is 11.9 Å². The lowest BCUT2D eigenvalue weighted by molar-refractivity contribution is 0.242. The molecule has 7 heteroatoms. The molecule has 0 aliphatic rings. The second kappa shape index (κ2) is 8.07. The molecular weight excluding hydrogens is 400 g/mol. The SMILES string of the molecule is Cc1cc(F)c(Oc2ccnc3[nH]cc(-c4ccc(OC(C)C)c(C#N)c4)c23)c(F)c1. The predicted molar refractivity (Wildman–Crippen MR) is 113 cm³/mol. The first kappa shape index (κ1) is 20.4. The Morgan fingerprint density at radius 3 is 2.48 bits per heavy atom. The highest BCUT2D eigenvalue weighted by Gasteiger charge is 2.18. The van der Waals surface area contributed by atoms with E-state index in [1.807, 2.05) is 19.9 Å². The van der Waals surface area contributed by atoms with Gasteiger partial charge in [-0.25, -0.2) is 13.8 Å². The van der Waals surface area contributed by atoms with Crippen LogP contribution in [-0.2, 0) is 0 Å². The number of halogens is 2. The van der Waals surface area contributed by atoms with Crippen LogP contribution in [0, 0.1) is 29.9 Å². The van der Waals surface area contributed by atoms with E-state index in [1.165, 1.54) is 18.3 Å². The summed E-state index contributed by atoms with van der Waals surface area (Å²) in [6.45, 7) is 5.37. The zero-order chi connectivity index (χ0) is 22.1. The fourth-order valence-electron chi connectivity index (χ4n) is 3.37. The van der Waals surface area contributed by atoms with Crippen LogP contribution in [0.2, 0.25) is 0 Å². The second-order valence-corrected chi connectivity index (χ2v) is 7.38. The Morgan fingerprint density at radius 2 is 1.81 bits per heavy atom. The Labute approximate surface area is 177 Å². The predicted octanol–water partition coefficient (Wildman–Crippen LogP) is 6.27. The summed E-state index contributed by atoms with van der Waals surface area (Å²) in [7, 11) is 0. The van der Waals surface area contributed by atoms with E-state index in [2.05, 4.69) is 16.0 Å². The molecule has 2 aromatic carbocycles. The van der Waals surface area contributed by atoms with Gasteiger partial charge in [-0.1, -0.05) is 6.07 Å². The van der Waals surface area contributed by atoms with Gasteiger partial charge in [0.2, 0.25) is 0 Å². The maximum atomic E-state index is 14.4. The maximum absolute atomic E-state index is 14.4. The van der Waals surface area contributed by atoms with Gasteiger partial charge in [-0.15, -0.1) is 0 Å². The third-order valence-corrected chi connectivity index (χ3v) is 4.66. The van der Waals surface area contributed by atoms with Crippen LogP contribution in [0.1, 0.15) is 25.0 Å². The van der Waals surface area contributed by atoms with Gasteiger partial charge in [0.15, 0.2) is 17.4 Å². The molecule has 0 atom stereocenters. The van der Waals surface area contributed by atoms with E-state index in [9.17, 15) is 14.0 Å². The summed E-state index contributed by atoms with van der Waals surface area (Å²) < 4.78 is 40.1. The van der Waals surface area contributed by atoms with Crippen molar-refractivity contribution in [3.8, 4) is 34.4 Å². The third-order valence-electron chi connectivity index (χ3n) is 4.66. The topological polar surface area (TPSA) is 70.9 Å². The van der Waals surface area contributed by atoms with Crippen LogP contribution in [0.5, 0.6) is 17.2 Å².